The zero-order valence-electron chi connectivity index (χ0n) is 10.6. The largest absolute Gasteiger partial charge is 0.327 e. The molecule has 0 aromatic heterocycles. The lowest BCUT2D eigenvalue weighted by Gasteiger charge is -2.47. The van der Waals surface area contributed by atoms with Gasteiger partial charge in [0.15, 0.2) is 0 Å². The summed E-state index contributed by atoms with van der Waals surface area (Å²) in [4.78, 5) is 0. The molecular formula is C15H21Cl2N. The van der Waals surface area contributed by atoms with Gasteiger partial charge >= 0.3 is 0 Å². The molecule has 3 rings (SSSR count). The summed E-state index contributed by atoms with van der Waals surface area (Å²) in [6.07, 6.45) is 7.82. The van der Waals surface area contributed by atoms with Gasteiger partial charge in [0.25, 0.3) is 0 Å². The van der Waals surface area contributed by atoms with E-state index in [2.05, 4.69) is 12.1 Å². The van der Waals surface area contributed by atoms with Gasteiger partial charge in [0.1, 0.15) is 0 Å². The normalized spacial score (nSPS) is 22.8. The SMILES string of the molecule is Cl.NC(CC1CC1)C1(c2ccc(Cl)cc2)CCC1. The molecule has 0 bridgehead atoms. The summed E-state index contributed by atoms with van der Waals surface area (Å²) in [6, 6.07) is 8.69. The van der Waals surface area contributed by atoms with Gasteiger partial charge in [-0.1, -0.05) is 43.0 Å². The average molecular weight is 286 g/mol. The van der Waals surface area contributed by atoms with Gasteiger partial charge in [-0.25, -0.2) is 0 Å². The van der Waals surface area contributed by atoms with Crippen LogP contribution in [0.5, 0.6) is 0 Å². The van der Waals surface area contributed by atoms with Gasteiger partial charge in [-0.05, 0) is 42.9 Å². The van der Waals surface area contributed by atoms with Crippen LogP contribution in [-0.4, -0.2) is 6.04 Å². The summed E-state index contributed by atoms with van der Waals surface area (Å²) in [5.74, 6) is 0.912. The maximum absolute atomic E-state index is 6.49. The monoisotopic (exact) mass is 285 g/mol. The smallest absolute Gasteiger partial charge is 0.0406 e. The number of benzene rings is 1. The molecule has 0 radical (unpaired) electrons. The van der Waals surface area contributed by atoms with Crippen molar-refractivity contribution in [2.45, 2.75) is 50.0 Å². The number of halogens is 2. The Hall–Kier alpha value is -0.240. The summed E-state index contributed by atoms with van der Waals surface area (Å²) in [5, 5.41) is 0.819. The van der Waals surface area contributed by atoms with Crippen LogP contribution in [0.1, 0.15) is 44.1 Å². The predicted molar refractivity (Wildman–Crippen MR) is 79.5 cm³/mol. The first-order chi connectivity index (χ1) is 8.21. The molecule has 2 saturated carbocycles. The van der Waals surface area contributed by atoms with E-state index in [0.717, 1.165) is 10.9 Å². The van der Waals surface area contributed by atoms with Crippen molar-refractivity contribution in [3.05, 3.63) is 34.9 Å². The first-order valence-electron chi connectivity index (χ1n) is 6.72. The van der Waals surface area contributed by atoms with E-state index in [0.29, 0.717) is 6.04 Å². The second-order valence-corrected chi connectivity index (χ2v) is 6.24. The van der Waals surface area contributed by atoms with E-state index in [1.807, 2.05) is 12.1 Å². The third-order valence-corrected chi connectivity index (χ3v) is 4.91. The predicted octanol–water partition coefficient (Wildman–Crippen LogP) is 4.31. The molecule has 18 heavy (non-hydrogen) atoms. The Morgan fingerprint density at radius 3 is 2.28 bits per heavy atom. The molecule has 3 heteroatoms. The Morgan fingerprint density at radius 2 is 1.83 bits per heavy atom. The van der Waals surface area contributed by atoms with Crippen LogP contribution < -0.4 is 5.73 Å². The van der Waals surface area contributed by atoms with E-state index in [9.17, 15) is 0 Å². The molecule has 100 valence electrons. The van der Waals surface area contributed by atoms with E-state index in [4.69, 9.17) is 17.3 Å². The zero-order valence-corrected chi connectivity index (χ0v) is 12.1. The van der Waals surface area contributed by atoms with Crippen LogP contribution in [0.3, 0.4) is 0 Å². The molecule has 2 aliphatic carbocycles. The van der Waals surface area contributed by atoms with Crippen LogP contribution in [0.25, 0.3) is 0 Å². The highest BCUT2D eigenvalue weighted by atomic mass is 35.5. The summed E-state index contributed by atoms with van der Waals surface area (Å²) >= 11 is 5.97. The molecule has 0 saturated heterocycles. The van der Waals surface area contributed by atoms with Crippen LogP contribution in [0.15, 0.2) is 24.3 Å². The van der Waals surface area contributed by atoms with Crippen molar-refractivity contribution in [3.63, 3.8) is 0 Å². The van der Waals surface area contributed by atoms with E-state index < -0.39 is 0 Å². The number of nitrogens with two attached hydrogens (primary N) is 1. The number of hydrogen-bond donors (Lipinski definition) is 1. The molecular weight excluding hydrogens is 265 g/mol. The molecule has 1 nitrogen and oxygen atoms in total. The third kappa shape index (κ3) is 2.54. The molecule has 0 amide bonds. The van der Waals surface area contributed by atoms with Crippen molar-refractivity contribution in [2.75, 3.05) is 0 Å². The zero-order chi connectivity index (χ0) is 11.9. The minimum atomic E-state index is 0. The molecule has 1 unspecified atom stereocenters. The number of rotatable bonds is 4. The van der Waals surface area contributed by atoms with E-state index in [1.54, 1.807) is 0 Å². The fourth-order valence-electron chi connectivity index (χ4n) is 3.15. The highest BCUT2D eigenvalue weighted by Crippen LogP contribution is 2.49. The van der Waals surface area contributed by atoms with Crippen LogP contribution in [0.4, 0.5) is 0 Å². The minimum Gasteiger partial charge on any atom is -0.327 e. The van der Waals surface area contributed by atoms with Gasteiger partial charge < -0.3 is 5.73 Å². The molecule has 2 fully saturated rings. The molecule has 0 heterocycles. The lowest BCUT2D eigenvalue weighted by molar-refractivity contribution is 0.184. The van der Waals surface area contributed by atoms with Crippen molar-refractivity contribution >= 4 is 24.0 Å². The highest BCUT2D eigenvalue weighted by Gasteiger charge is 2.45. The summed E-state index contributed by atoms with van der Waals surface area (Å²) in [7, 11) is 0. The summed E-state index contributed by atoms with van der Waals surface area (Å²) < 4.78 is 0. The molecule has 2 aliphatic rings. The Labute approximate surface area is 121 Å². The van der Waals surface area contributed by atoms with Gasteiger partial charge in [0.05, 0.1) is 0 Å². The number of hydrogen-bond acceptors (Lipinski definition) is 1. The summed E-state index contributed by atoms with van der Waals surface area (Å²) in [5.41, 5.74) is 8.15. The van der Waals surface area contributed by atoms with Crippen LogP contribution in [0.2, 0.25) is 5.02 Å². The summed E-state index contributed by atoms with van der Waals surface area (Å²) in [6.45, 7) is 0. The van der Waals surface area contributed by atoms with E-state index in [1.165, 1.54) is 44.1 Å². The van der Waals surface area contributed by atoms with Gasteiger partial charge in [0, 0.05) is 16.5 Å². The molecule has 1 atom stereocenters. The first kappa shape index (κ1) is 14.2. The Kier molecular flexibility index (Phi) is 4.25. The van der Waals surface area contributed by atoms with Crippen molar-refractivity contribution < 1.29 is 0 Å². The maximum Gasteiger partial charge on any atom is 0.0406 e. The van der Waals surface area contributed by atoms with E-state index >= 15 is 0 Å². The third-order valence-electron chi connectivity index (χ3n) is 4.66. The fourth-order valence-corrected chi connectivity index (χ4v) is 3.28. The second-order valence-electron chi connectivity index (χ2n) is 5.80. The first-order valence-corrected chi connectivity index (χ1v) is 7.10. The van der Waals surface area contributed by atoms with Gasteiger partial charge in [-0.15, -0.1) is 12.4 Å². The van der Waals surface area contributed by atoms with Crippen LogP contribution in [0, 0.1) is 5.92 Å². The van der Waals surface area contributed by atoms with Crippen molar-refractivity contribution in [1.82, 2.24) is 0 Å². The molecule has 0 aliphatic heterocycles. The van der Waals surface area contributed by atoms with Crippen LogP contribution >= 0.6 is 24.0 Å². The standard InChI is InChI=1S/C15H20ClN.ClH/c16-13-6-4-12(5-7-13)15(8-1-9-15)14(17)10-11-2-3-11;/h4-7,11,14H,1-3,8-10,17H2;1H. The van der Waals surface area contributed by atoms with Gasteiger partial charge in [-0.3, -0.25) is 0 Å². The van der Waals surface area contributed by atoms with Crippen LogP contribution in [-0.2, 0) is 5.41 Å². The lowest BCUT2D eigenvalue weighted by atomic mass is 9.59. The maximum atomic E-state index is 6.49. The van der Waals surface area contributed by atoms with Crippen molar-refractivity contribution in [1.29, 1.82) is 0 Å². The van der Waals surface area contributed by atoms with E-state index in [-0.39, 0.29) is 17.8 Å². The highest BCUT2D eigenvalue weighted by molar-refractivity contribution is 6.30. The Morgan fingerprint density at radius 1 is 1.22 bits per heavy atom. The molecule has 1 aromatic rings. The Bertz CT molecular complexity index is 393. The van der Waals surface area contributed by atoms with Crippen molar-refractivity contribution in [2.24, 2.45) is 11.7 Å². The van der Waals surface area contributed by atoms with Crippen molar-refractivity contribution in [3.8, 4) is 0 Å². The fraction of sp³-hybridized carbons (Fsp3) is 0.600. The minimum absolute atomic E-state index is 0. The topological polar surface area (TPSA) is 26.0 Å². The Balaban J connectivity index is 0.00000120. The van der Waals surface area contributed by atoms with Gasteiger partial charge in [-0.2, -0.15) is 0 Å². The average Bonchev–Trinajstić information content (AvgIpc) is 3.03. The van der Waals surface area contributed by atoms with Gasteiger partial charge in [0.2, 0.25) is 0 Å². The lowest BCUT2D eigenvalue weighted by Crippen LogP contribution is -2.50. The second kappa shape index (κ2) is 5.40. The molecule has 0 spiro atoms. The molecule has 2 N–H and O–H groups in total. The molecule has 1 aromatic carbocycles. The quantitative estimate of drug-likeness (QED) is 0.877.